The smallest absolute Gasteiger partial charge is 0.309 e. The zero-order chi connectivity index (χ0) is 15.0. The number of carbonyl (C=O) groups excluding carboxylic acids is 1. The number of urea groups is 1. The van der Waals surface area contributed by atoms with E-state index in [-0.39, 0.29) is 18.2 Å². The van der Waals surface area contributed by atoms with Gasteiger partial charge in [0, 0.05) is 0 Å². The van der Waals surface area contributed by atoms with Gasteiger partial charge in [-0.05, 0) is 24.3 Å². The summed E-state index contributed by atoms with van der Waals surface area (Å²) in [4.78, 5) is 12.9. The number of amides is 2. The number of hydrogen-bond donors (Lipinski definition) is 4. The highest BCUT2D eigenvalue weighted by molar-refractivity contribution is 5.85. The van der Waals surface area contributed by atoms with E-state index in [0.29, 0.717) is 11.5 Å². The van der Waals surface area contributed by atoms with Gasteiger partial charge in [-0.2, -0.15) is 5.11 Å². The summed E-state index contributed by atoms with van der Waals surface area (Å²) >= 11 is 0. The molecule has 2 aromatic rings. The second kappa shape index (κ2) is 9.10. The van der Waals surface area contributed by atoms with Crippen molar-refractivity contribution in [1.82, 2.24) is 4.98 Å². The van der Waals surface area contributed by atoms with Crippen LogP contribution < -0.4 is 22.9 Å². The van der Waals surface area contributed by atoms with E-state index in [0.717, 1.165) is 5.69 Å². The zero-order valence-electron chi connectivity index (χ0n) is 11.0. The molecule has 112 valence electrons. The minimum Gasteiger partial charge on any atom is -0.384 e. The van der Waals surface area contributed by atoms with Gasteiger partial charge < -0.3 is 22.9 Å². The zero-order valence-corrected chi connectivity index (χ0v) is 11.8. The number of anilines is 2. The van der Waals surface area contributed by atoms with E-state index in [1.807, 2.05) is 30.3 Å². The van der Waals surface area contributed by atoms with Crippen molar-refractivity contribution >= 4 is 41.4 Å². The van der Waals surface area contributed by atoms with Crippen molar-refractivity contribution in [2.24, 2.45) is 21.7 Å². The molecule has 0 bridgehead atoms. The Balaban J connectivity index is 0.000000715. The van der Waals surface area contributed by atoms with Crippen LogP contribution in [0.2, 0.25) is 0 Å². The Labute approximate surface area is 127 Å². The van der Waals surface area contributed by atoms with Crippen molar-refractivity contribution in [3.63, 3.8) is 0 Å². The fraction of sp³-hybridized carbons (Fsp3) is 0. The standard InChI is InChI=1S/C11H11N5.CH4N2O.ClH/c12-10-7-6-9(11(13)14-10)16-15-8-4-2-1-3-5-8;2-1(3)4;/h1-7H,(H4,12,13,14);(H4,2,3,4);1H/b16-15+;;. The molecule has 0 aliphatic carbocycles. The molecule has 1 aromatic heterocycles. The van der Waals surface area contributed by atoms with Gasteiger partial charge in [-0.3, -0.25) is 0 Å². The predicted octanol–water partition coefficient (Wildman–Crippen LogP) is 2.11. The largest absolute Gasteiger partial charge is 0.384 e. The first-order chi connectivity index (χ1) is 9.49. The number of benzene rings is 1. The maximum atomic E-state index is 9.00. The van der Waals surface area contributed by atoms with Gasteiger partial charge in [-0.15, -0.1) is 17.5 Å². The Morgan fingerprint density at radius 1 is 0.952 bits per heavy atom. The summed E-state index contributed by atoms with van der Waals surface area (Å²) in [7, 11) is 0. The summed E-state index contributed by atoms with van der Waals surface area (Å²) in [6.45, 7) is 0. The maximum Gasteiger partial charge on any atom is 0.309 e. The second-order valence-corrected chi connectivity index (χ2v) is 3.58. The minimum atomic E-state index is -0.833. The molecule has 2 rings (SSSR count). The van der Waals surface area contributed by atoms with Gasteiger partial charge in [0.2, 0.25) is 0 Å². The first kappa shape index (κ1) is 18.1. The normalized spacial score (nSPS) is 9.33. The number of nitrogens with zero attached hydrogens (tertiary/aromatic N) is 3. The molecule has 8 N–H and O–H groups in total. The lowest BCUT2D eigenvalue weighted by Gasteiger charge is -1.98. The third-order valence-corrected chi connectivity index (χ3v) is 1.95. The molecule has 1 aromatic carbocycles. The van der Waals surface area contributed by atoms with Gasteiger partial charge in [0.1, 0.15) is 11.5 Å². The number of halogens is 1. The number of nitrogens with two attached hydrogens (primary N) is 4. The van der Waals surface area contributed by atoms with Crippen LogP contribution >= 0.6 is 12.4 Å². The van der Waals surface area contributed by atoms with Gasteiger partial charge >= 0.3 is 6.03 Å². The fourth-order valence-corrected chi connectivity index (χ4v) is 1.17. The summed E-state index contributed by atoms with van der Waals surface area (Å²) in [5.74, 6) is 0.649. The molecule has 9 heteroatoms. The fourth-order valence-electron chi connectivity index (χ4n) is 1.17. The van der Waals surface area contributed by atoms with Crippen molar-refractivity contribution in [2.45, 2.75) is 0 Å². The molecule has 0 saturated carbocycles. The van der Waals surface area contributed by atoms with E-state index in [4.69, 9.17) is 16.3 Å². The highest BCUT2D eigenvalue weighted by Crippen LogP contribution is 2.23. The highest BCUT2D eigenvalue weighted by atomic mass is 35.5. The number of rotatable bonds is 2. The Bertz CT molecular complexity index is 600. The number of hydrogen-bond acceptors (Lipinski definition) is 6. The maximum absolute atomic E-state index is 9.00. The Hall–Kier alpha value is -2.87. The summed E-state index contributed by atoms with van der Waals surface area (Å²) in [5, 5.41) is 8.03. The Morgan fingerprint density at radius 2 is 1.52 bits per heavy atom. The van der Waals surface area contributed by atoms with Gasteiger partial charge in [0.25, 0.3) is 0 Å². The SMILES string of the molecule is Cl.NC(N)=O.Nc1ccc(/N=N/c2ccccc2)c(N)n1. The van der Waals surface area contributed by atoms with Crippen LogP contribution in [-0.2, 0) is 0 Å². The molecule has 0 fully saturated rings. The van der Waals surface area contributed by atoms with Crippen LogP contribution in [0.5, 0.6) is 0 Å². The molecule has 8 nitrogen and oxygen atoms in total. The summed E-state index contributed by atoms with van der Waals surface area (Å²) in [5.41, 5.74) is 20.9. The average molecular weight is 310 g/mol. The first-order valence-corrected chi connectivity index (χ1v) is 5.52. The number of primary amides is 2. The third-order valence-electron chi connectivity index (χ3n) is 1.95. The monoisotopic (exact) mass is 309 g/mol. The quantitative estimate of drug-likeness (QED) is 0.626. The molecular weight excluding hydrogens is 294 g/mol. The molecule has 0 saturated heterocycles. The van der Waals surface area contributed by atoms with E-state index in [2.05, 4.69) is 26.7 Å². The van der Waals surface area contributed by atoms with Crippen molar-refractivity contribution in [3.05, 3.63) is 42.5 Å². The van der Waals surface area contributed by atoms with Crippen molar-refractivity contribution in [1.29, 1.82) is 0 Å². The van der Waals surface area contributed by atoms with E-state index in [1.165, 1.54) is 0 Å². The first-order valence-electron chi connectivity index (χ1n) is 5.52. The van der Waals surface area contributed by atoms with Crippen LogP contribution in [0.15, 0.2) is 52.7 Å². The molecule has 2 amide bonds. The molecule has 21 heavy (non-hydrogen) atoms. The van der Waals surface area contributed by atoms with E-state index < -0.39 is 6.03 Å². The number of carbonyl (C=O) groups is 1. The van der Waals surface area contributed by atoms with Gasteiger partial charge in [0.05, 0.1) is 5.69 Å². The van der Waals surface area contributed by atoms with Crippen LogP contribution in [0.1, 0.15) is 0 Å². The lowest BCUT2D eigenvalue weighted by molar-refractivity contribution is 0.256. The molecular formula is C12H16ClN7O. The number of pyridine rings is 1. The highest BCUT2D eigenvalue weighted by Gasteiger charge is 1.98. The number of aromatic nitrogens is 1. The number of azo groups is 1. The molecule has 0 atom stereocenters. The Kier molecular flexibility index (Phi) is 7.86. The molecule has 0 aliphatic heterocycles. The van der Waals surface area contributed by atoms with E-state index in [9.17, 15) is 0 Å². The summed E-state index contributed by atoms with van der Waals surface area (Å²) in [6.07, 6.45) is 0. The van der Waals surface area contributed by atoms with Crippen LogP contribution in [-0.4, -0.2) is 11.0 Å². The summed E-state index contributed by atoms with van der Waals surface area (Å²) < 4.78 is 0. The second-order valence-electron chi connectivity index (χ2n) is 3.58. The lowest BCUT2D eigenvalue weighted by atomic mass is 10.3. The van der Waals surface area contributed by atoms with Crippen LogP contribution in [0.3, 0.4) is 0 Å². The molecule has 0 spiro atoms. The van der Waals surface area contributed by atoms with Gasteiger partial charge in [-0.1, -0.05) is 18.2 Å². The third kappa shape index (κ3) is 7.33. The molecule has 0 aliphatic rings. The van der Waals surface area contributed by atoms with Crippen molar-refractivity contribution in [3.8, 4) is 0 Å². The number of nitrogen functional groups attached to an aromatic ring is 2. The van der Waals surface area contributed by atoms with Crippen LogP contribution in [0.4, 0.5) is 27.8 Å². The van der Waals surface area contributed by atoms with Crippen LogP contribution in [0, 0.1) is 0 Å². The molecule has 0 radical (unpaired) electrons. The summed E-state index contributed by atoms with van der Waals surface area (Å²) in [6, 6.07) is 11.9. The molecule has 0 unspecified atom stereocenters. The molecule has 1 heterocycles. The lowest BCUT2D eigenvalue weighted by Crippen LogP contribution is -2.18. The van der Waals surface area contributed by atoms with Gasteiger partial charge in [0.15, 0.2) is 5.82 Å². The average Bonchev–Trinajstić information content (AvgIpc) is 2.38. The van der Waals surface area contributed by atoms with E-state index >= 15 is 0 Å². The topological polar surface area (TPSA) is 159 Å². The van der Waals surface area contributed by atoms with Gasteiger partial charge in [-0.25, -0.2) is 9.78 Å². The Morgan fingerprint density at radius 3 is 2.05 bits per heavy atom. The minimum absolute atomic E-state index is 0. The van der Waals surface area contributed by atoms with E-state index in [1.54, 1.807) is 12.1 Å². The van der Waals surface area contributed by atoms with Crippen molar-refractivity contribution < 1.29 is 4.79 Å². The predicted molar refractivity (Wildman–Crippen MR) is 84.7 cm³/mol. The van der Waals surface area contributed by atoms with Crippen molar-refractivity contribution in [2.75, 3.05) is 11.5 Å². The van der Waals surface area contributed by atoms with Crippen LogP contribution in [0.25, 0.3) is 0 Å².